The van der Waals surface area contributed by atoms with Crippen molar-refractivity contribution >= 4 is 11.6 Å². The highest BCUT2D eigenvalue weighted by atomic mass is 16.2. The molecule has 0 aliphatic heterocycles. The maximum absolute atomic E-state index is 11.8. The standard InChI is InChI=1S/C14H16O2/c1-4-10-14(11(2)15,12(3)16)13-8-6-5-7-9-13/h1,5-8,13H,9-10H2,2-3H3. The summed E-state index contributed by atoms with van der Waals surface area (Å²) >= 11 is 0. The molecule has 1 aliphatic rings. The van der Waals surface area contributed by atoms with Crippen molar-refractivity contribution < 1.29 is 9.59 Å². The quantitative estimate of drug-likeness (QED) is 0.534. The van der Waals surface area contributed by atoms with Gasteiger partial charge in [-0.1, -0.05) is 24.3 Å². The molecule has 0 saturated carbocycles. The Kier molecular flexibility index (Phi) is 3.84. The molecule has 0 aromatic carbocycles. The molecule has 16 heavy (non-hydrogen) atoms. The Bertz CT molecular complexity index is 379. The van der Waals surface area contributed by atoms with Crippen molar-refractivity contribution in [3.63, 3.8) is 0 Å². The lowest BCUT2D eigenvalue weighted by molar-refractivity contribution is -0.140. The summed E-state index contributed by atoms with van der Waals surface area (Å²) in [4.78, 5) is 23.6. The van der Waals surface area contributed by atoms with Gasteiger partial charge in [-0.05, 0) is 20.3 Å². The second-order valence-electron chi connectivity index (χ2n) is 4.12. The topological polar surface area (TPSA) is 34.1 Å². The first kappa shape index (κ1) is 12.4. The van der Waals surface area contributed by atoms with Gasteiger partial charge in [-0.25, -0.2) is 0 Å². The third-order valence-corrected chi connectivity index (χ3v) is 3.25. The van der Waals surface area contributed by atoms with Crippen molar-refractivity contribution in [3.05, 3.63) is 24.3 Å². The summed E-state index contributed by atoms with van der Waals surface area (Å²) in [5.74, 6) is 2.09. The number of ketones is 2. The molecule has 0 spiro atoms. The minimum atomic E-state index is -1.03. The van der Waals surface area contributed by atoms with Crippen molar-refractivity contribution in [2.75, 3.05) is 0 Å². The van der Waals surface area contributed by atoms with Gasteiger partial charge in [0.15, 0.2) is 0 Å². The molecule has 0 N–H and O–H groups in total. The summed E-state index contributed by atoms with van der Waals surface area (Å²) in [5.41, 5.74) is -1.03. The molecule has 1 unspecified atom stereocenters. The van der Waals surface area contributed by atoms with Gasteiger partial charge in [-0.15, -0.1) is 12.3 Å². The Morgan fingerprint density at radius 3 is 2.38 bits per heavy atom. The molecule has 0 radical (unpaired) electrons. The molecule has 0 aromatic heterocycles. The predicted molar refractivity (Wildman–Crippen MR) is 63.6 cm³/mol. The Morgan fingerprint density at radius 1 is 1.38 bits per heavy atom. The van der Waals surface area contributed by atoms with Crippen molar-refractivity contribution in [1.29, 1.82) is 0 Å². The molecule has 84 valence electrons. The monoisotopic (exact) mass is 216 g/mol. The number of hydrogen-bond acceptors (Lipinski definition) is 2. The van der Waals surface area contributed by atoms with E-state index in [1.807, 2.05) is 24.3 Å². The molecular weight excluding hydrogens is 200 g/mol. The van der Waals surface area contributed by atoms with Gasteiger partial charge >= 0.3 is 0 Å². The van der Waals surface area contributed by atoms with Crippen LogP contribution >= 0.6 is 0 Å². The van der Waals surface area contributed by atoms with E-state index >= 15 is 0 Å². The van der Waals surface area contributed by atoms with Gasteiger partial charge in [0.25, 0.3) is 0 Å². The molecule has 1 rings (SSSR count). The number of hydrogen-bond donors (Lipinski definition) is 0. The van der Waals surface area contributed by atoms with E-state index in [4.69, 9.17) is 6.42 Å². The minimum absolute atomic E-state index is 0.108. The van der Waals surface area contributed by atoms with E-state index in [0.29, 0.717) is 6.42 Å². The minimum Gasteiger partial charge on any atom is -0.299 e. The molecule has 2 nitrogen and oxygen atoms in total. The first-order valence-electron chi connectivity index (χ1n) is 5.34. The molecule has 0 saturated heterocycles. The number of carbonyl (C=O) groups is 2. The van der Waals surface area contributed by atoms with E-state index < -0.39 is 5.41 Å². The van der Waals surface area contributed by atoms with Crippen LogP contribution in [0.15, 0.2) is 24.3 Å². The molecule has 0 heterocycles. The lowest BCUT2D eigenvalue weighted by Crippen LogP contribution is -2.42. The van der Waals surface area contributed by atoms with Crippen molar-refractivity contribution in [2.24, 2.45) is 11.3 Å². The van der Waals surface area contributed by atoms with E-state index in [-0.39, 0.29) is 23.9 Å². The van der Waals surface area contributed by atoms with Crippen LogP contribution in [0.25, 0.3) is 0 Å². The van der Waals surface area contributed by atoms with Crippen LogP contribution in [0.4, 0.5) is 0 Å². The summed E-state index contributed by atoms with van der Waals surface area (Å²) in [6.45, 7) is 2.90. The van der Waals surface area contributed by atoms with Crippen LogP contribution in [0, 0.1) is 23.7 Å². The molecule has 0 bridgehead atoms. The Balaban J connectivity index is 3.16. The van der Waals surface area contributed by atoms with Crippen molar-refractivity contribution in [3.8, 4) is 12.3 Å². The van der Waals surface area contributed by atoms with Gasteiger partial charge in [0.2, 0.25) is 0 Å². The summed E-state index contributed by atoms with van der Waals surface area (Å²) in [6, 6.07) is 0. The number of carbonyl (C=O) groups excluding carboxylic acids is 2. The van der Waals surface area contributed by atoms with Gasteiger partial charge in [0, 0.05) is 12.3 Å². The fourth-order valence-electron chi connectivity index (χ4n) is 2.26. The molecule has 1 atom stereocenters. The van der Waals surface area contributed by atoms with Crippen LogP contribution in [0.3, 0.4) is 0 Å². The third kappa shape index (κ3) is 1.99. The van der Waals surface area contributed by atoms with E-state index in [1.165, 1.54) is 13.8 Å². The van der Waals surface area contributed by atoms with Crippen LogP contribution in [-0.2, 0) is 9.59 Å². The maximum Gasteiger partial charge on any atom is 0.144 e. The van der Waals surface area contributed by atoms with Crippen LogP contribution in [0.1, 0.15) is 26.7 Å². The highest BCUT2D eigenvalue weighted by Crippen LogP contribution is 2.38. The Morgan fingerprint density at radius 2 is 2.00 bits per heavy atom. The number of terminal acetylenes is 1. The lowest BCUT2D eigenvalue weighted by atomic mass is 9.65. The first-order valence-corrected chi connectivity index (χ1v) is 5.34. The molecule has 0 amide bonds. The number of allylic oxidation sites excluding steroid dienone is 4. The SMILES string of the molecule is C#CCC(C(C)=O)(C(C)=O)C1C=CC=CC1. The number of rotatable bonds is 4. The van der Waals surface area contributed by atoms with Crippen LogP contribution in [0.5, 0.6) is 0 Å². The Hall–Kier alpha value is -1.62. The molecule has 0 fully saturated rings. The maximum atomic E-state index is 11.8. The zero-order valence-corrected chi connectivity index (χ0v) is 9.69. The highest BCUT2D eigenvalue weighted by Gasteiger charge is 2.45. The summed E-state index contributed by atoms with van der Waals surface area (Å²) in [7, 11) is 0. The smallest absolute Gasteiger partial charge is 0.144 e. The molecular formula is C14H16O2. The fourth-order valence-corrected chi connectivity index (χ4v) is 2.26. The second kappa shape index (κ2) is 4.94. The predicted octanol–water partition coefficient (Wildman–Crippen LogP) is 2.31. The zero-order chi connectivity index (χ0) is 12.2. The molecule has 0 aromatic rings. The molecule has 1 aliphatic carbocycles. The van der Waals surface area contributed by atoms with Crippen LogP contribution < -0.4 is 0 Å². The van der Waals surface area contributed by atoms with Crippen molar-refractivity contribution in [2.45, 2.75) is 26.7 Å². The van der Waals surface area contributed by atoms with Gasteiger partial charge < -0.3 is 0 Å². The Labute approximate surface area is 96.4 Å². The van der Waals surface area contributed by atoms with Gasteiger partial charge in [-0.2, -0.15) is 0 Å². The normalized spacial score (nSPS) is 19.2. The highest BCUT2D eigenvalue weighted by molar-refractivity contribution is 6.06. The van der Waals surface area contributed by atoms with E-state index in [9.17, 15) is 9.59 Å². The van der Waals surface area contributed by atoms with Crippen molar-refractivity contribution in [1.82, 2.24) is 0 Å². The average Bonchev–Trinajstić information content (AvgIpc) is 2.26. The van der Waals surface area contributed by atoms with Crippen LogP contribution in [0.2, 0.25) is 0 Å². The van der Waals surface area contributed by atoms with Gasteiger partial charge in [0.1, 0.15) is 17.0 Å². The fraction of sp³-hybridized carbons (Fsp3) is 0.429. The second-order valence-corrected chi connectivity index (χ2v) is 4.12. The summed E-state index contributed by atoms with van der Waals surface area (Å²) in [5, 5.41) is 0. The summed E-state index contributed by atoms with van der Waals surface area (Å²) in [6.07, 6.45) is 13.8. The number of Topliss-reactive ketones (excluding diaryl/α,β-unsaturated/α-hetero) is 2. The van der Waals surface area contributed by atoms with E-state index in [1.54, 1.807) is 0 Å². The largest absolute Gasteiger partial charge is 0.299 e. The third-order valence-electron chi connectivity index (χ3n) is 3.25. The van der Waals surface area contributed by atoms with Gasteiger partial charge in [-0.3, -0.25) is 9.59 Å². The van der Waals surface area contributed by atoms with Crippen LogP contribution in [-0.4, -0.2) is 11.6 Å². The lowest BCUT2D eigenvalue weighted by Gasteiger charge is -2.34. The van der Waals surface area contributed by atoms with Gasteiger partial charge in [0.05, 0.1) is 0 Å². The van der Waals surface area contributed by atoms with E-state index in [0.717, 1.165) is 0 Å². The summed E-state index contributed by atoms with van der Waals surface area (Å²) < 4.78 is 0. The zero-order valence-electron chi connectivity index (χ0n) is 9.69. The first-order chi connectivity index (χ1) is 7.55. The van der Waals surface area contributed by atoms with E-state index in [2.05, 4.69) is 5.92 Å². The molecule has 2 heteroatoms. The average molecular weight is 216 g/mol.